The number of rotatable bonds is 8. The molecule has 5 aliphatic rings. The number of oxime groups is 1. The van der Waals surface area contributed by atoms with Gasteiger partial charge in [-0.05, 0) is 81.7 Å². The Morgan fingerprint density at radius 1 is 1.12 bits per heavy atom. The van der Waals surface area contributed by atoms with Crippen LogP contribution in [0.15, 0.2) is 53.2 Å². The van der Waals surface area contributed by atoms with Gasteiger partial charge in [0.2, 0.25) is 0 Å². The van der Waals surface area contributed by atoms with Gasteiger partial charge in [0, 0.05) is 45.2 Å². The molecule has 1 spiro atoms. The average Bonchev–Trinajstić information content (AvgIpc) is 3.70. The number of benzene rings is 1. The molecular weight excluding hydrogens is 509 g/mol. The number of ether oxygens (including phenoxy) is 2. The maximum atomic E-state index is 13.7. The largest absolute Gasteiger partial charge is 0.466 e. The van der Waals surface area contributed by atoms with Gasteiger partial charge < -0.3 is 19.2 Å². The van der Waals surface area contributed by atoms with E-state index in [2.05, 4.69) is 40.1 Å². The van der Waals surface area contributed by atoms with Crippen LogP contribution < -0.4 is 0 Å². The molecule has 3 heterocycles. The summed E-state index contributed by atoms with van der Waals surface area (Å²) in [5.41, 5.74) is 1.32. The number of nitrogens with zero attached hydrogens (tertiary/aromatic N) is 3. The first kappa shape index (κ1) is 27.5. The summed E-state index contributed by atoms with van der Waals surface area (Å²) < 4.78 is 25.5. The molecule has 2 aliphatic carbocycles. The number of piperidine rings is 1. The third kappa shape index (κ3) is 5.09. The quantitative estimate of drug-likeness (QED) is 0.422. The Kier molecular flexibility index (Phi) is 7.28. The highest BCUT2D eigenvalue weighted by Crippen LogP contribution is 2.53. The summed E-state index contributed by atoms with van der Waals surface area (Å²) in [5.74, 6) is 1.27. The number of likely N-dealkylation sites (tertiary alicyclic amines) is 2. The van der Waals surface area contributed by atoms with E-state index in [0.717, 1.165) is 76.2 Å². The van der Waals surface area contributed by atoms with Crippen LogP contribution >= 0.6 is 0 Å². The van der Waals surface area contributed by atoms with Crippen molar-refractivity contribution in [3.8, 4) is 0 Å². The van der Waals surface area contributed by atoms with E-state index < -0.39 is 5.41 Å². The molecule has 1 aromatic carbocycles. The molecule has 0 amide bonds. The number of carbonyl (C=O) groups excluding carboxylic acids is 1. The molecule has 0 bridgehead atoms. The molecule has 0 aromatic heterocycles. The molecule has 40 heavy (non-hydrogen) atoms. The van der Waals surface area contributed by atoms with Gasteiger partial charge in [-0.15, -0.1) is 0 Å². The summed E-state index contributed by atoms with van der Waals surface area (Å²) in [6.45, 7) is 11.1. The van der Waals surface area contributed by atoms with Crippen LogP contribution in [0.4, 0.5) is 4.39 Å². The number of carbonyl (C=O) groups is 1. The van der Waals surface area contributed by atoms with E-state index in [1.165, 1.54) is 5.57 Å². The van der Waals surface area contributed by atoms with Crippen LogP contribution in [0.5, 0.6) is 0 Å². The van der Waals surface area contributed by atoms with Crippen LogP contribution in [-0.4, -0.2) is 78.7 Å². The van der Waals surface area contributed by atoms with Gasteiger partial charge in [0.25, 0.3) is 0 Å². The molecule has 1 saturated carbocycles. The summed E-state index contributed by atoms with van der Waals surface area (Å²) in [7, 11) is 0. The van der Waals surface area contributed by atoms with E-state index in [1.807, 2.05) is 26.0 Å². The summed E-state index contributed by atoms with van der Waals surface area (Å²) in [6, 6.07) is 6.89. The van der Waals surface area contributed by atoms with E-state index >= 15 is 0 Å². The zero-order valence-electron chi connectivity index (χ0n) is 24.0. The van der Waals surface area contributed by atoms with Gasteiger partial charge in [-0.3, -0.25) is 9.69 Å². The fourth-order valence-electron chi connectivity index (χ4n) is 7.09. The van der Waals surface area contributed by atoms with Crippen molar-refractivity contribution in [1.82, 2.24) is 9.80 Å². The van der Waals surface area contributed by atoms with Gasteiger partial charge in [-0.1, -0.05) is 29.4 Å². The Morgan fingerprint density at radius 3 is 2.50 bits per heavy atom. The molecule has 2 unspecified atom stereocenters. The molecule has 2 atom stereocenters. The average molecular weight is 552 g/mol. The predicted molar refractivity (Wildman–Crippen MR) is 151 cm³/mol. The molecule has 1 aromatic rings. The Labute approximate surface area is 237 Å². The Hall–Kier alpha value is -2.71. The van der Waals surface area contributed by atoms with Crippen LogP contribution in [0.1, 0.15) is 64.4 Å². The maximum absolute atomic E-state index is 13.7. The number of hydrogen-bond acceptors (Lipinski definition) is 7. The Balaban J connectivity index is 1.06. The first-order valence-electron chi connectivity index (χ1n) is 15.0. The van der Waals surface area contributed by atoms with Gasteiger partial charge >= 0.3 is 5.97 Å². The van der Waals surface area contributed by atoms with Crippen LogP contribution in [0.3, 0.4) is 0 Å². The topological polar surface area (TPSA) is 63.6 Å². The van der Waals surface area contributed by atoms with Crippen LogP contribution in [-0.2, 0) is 19.1 Å². The third-order valence-corrected chi connectivity index (χ3v) is 9.49. The smallest absolute Gasteiger partial charge is 0.311 e. The molecule has 0 N–H and O–H groups in total. The lowest BCUT2D eigenvalue weighted by Gasteiger charge is -2.47. The van der Waals surface area contributed by atoms with Gasteiger partial charge in [-0.2, -0.15) is 0 Å². The first-order chi connectivity index (χ1) is 19.3. The van der Waals surface area contributed by atoms with E-state index in [-0.39, 0.29) is 28.9 Å². The molecule has 0 radical (unpaired) electrons. The lowest BCUT2D eigenvalue weighted by molar-refractivity contribution is -0.156. The standard InChI is InChI=1S/C32H42FN3O4/c1-4-38-29(37)30(3)14-16-36(17-15-30)28-19-31(40-34-28)21-35(22-31)20-23-6-13-27(24-7-11-26(33)12-8-24)32(18-23,39-5-2)25-9-10-25/h6-8,11-13,18,25,27H,4-5,9-10,14-17,19-22H2,1-3H3. The SMILES string of the molecule is CCOC(=O)C1(C)CCN(C2=NOC3(C2)CN(CC2=CC(OCC)(C4CC4)C(c4ccc(F)cc4)C=C2)C3)CC1. The Bertz CT molecular complexity index is 1190. The maximum Gasteiger partial charge on any atom is 0.311 e. The van der Waals surface area contributed by atoms with E-state index in [0.29, 0.717) is 19.1 Å². The fourth-order valence-corrected chi connectivity index (χ4v) is 7.09. The van der Waals surface area contributed by atoms with Crippen molar-refractivity contribution in [2.45, 2.75) is 70.0 Å². The number of halogens is 1. The number of amidine groups is 1. The molecule has 2 saturated heterocycles. The highest BCUT2D eigenvalue weighted by molar-refractivity contribution is 5.85. The second-order valence-corrected chi connectivity index (χ2v) is 12.5. The molecule has 3 aliphatic heterocycles. The molecule has 3 fully saturated rings. The van der Waals surface area contributed by atoms with E-state index in [4.69, 9.17) is 14.3 Å². The second-order valence-electron chi connectivity index (χ2n) is 12.5. The lowest BCUT2D eigenvalue weighted by Crippen LogP contribution is -2.62. The van der Waals surface area contributed by atoms with Gasteiger partial charge in [0.15, 0.2) is 5.60 Å². The molecular formula is C32H42FN3O4. The number of esters is 1. The van der Waals surface area contributed by atoms with Gasteiger partial charge in [0.1, 0.15) is 11.7 Å². The highest BCUT2D eigenvalue weighted by atomic mass is 19.1. The third-order valence-electron chi connectivity index (χ3n) is 9.49. The van der Waals surface area contributed by atoms with Crippen molar-refractivity contribution in [3.05, 3.63) is 59.4 Å². The normalized spacial score (nSPS) is 29.0. The van der Waals surface area contributed by atoms with Gasteiger partial charge in [0.05, 0.1) is 24.0 Å². The minimum absolute atomic E-state index is 0.0800. The zero-order chi connectivity index (χ0) is 28.0. The lowest BCUT2D eigenvalue weighted by atomic mass is 9.74. The monoisotopic (exact) mass is 551 g/mol. The van der Waals surface area contributed by atoms with Crippen molar-refractivity contribution in [3.63, 3.8) is 0 Å². The molecule has 6 rings (SSSR count). The summed E-state index contributed by atoms with van der Waals surface area (Å²) in [6.07, 6.45) is 11.5. The minimum atomic E-state index is -0.411. The summed E-state index contributed by atoms with van der Waals surface area (Å²) in [5, 5.41) is 4.50. The van der Waals surface area contributed by atoms with Crippen molar-refractivity contribution in [2.24, 2.45) is 16.5 Å². The minimum Gasteiger partial charge on any atom is -0.466 e. The van der Waals surface area contributed by atoms with Crippen LogP contribution in [0.25, 0.3) is 0 Å². The van der Waals surface area contributed by atoms with Crippen molar-refractivity contribution >= 4 is 11.8 Å². The van der Waals surface area contributed by atoms with Crippen molar-refractivity contribution in [1.29, 1.82) is 0 Å². The van der Waals surface area contributed by atoms with Gasteiger partial charge in [-0.25, -0.2) is 4.39 Å². The summed E-state index contributed by atoms with van der Waals surface area (Å²) >= 11 is 0. The second kappa shape index (κ2) is 10.6. The molecule has 216 valence electrons. The van der Waals surface area contributed by atoms with Crippen LogP contribution in [0, 0.1) is 17.2 Å². The molecule has 8 heteroatoms. The number of hydrogen-bond donors (Lipinski definition) is 0. The predicted octanol–water partition coefficient (Wildman–Crippen LogP) is 5.04. The van der Waals surface area contributed by atoms with Crippen molar-refractivity contribution in [2.75, 3.05) is 45.9 Å². The first-order valence-corrected chi connectivity index (χ1v) is 15.0. The van der Waals surface area contributed by atoms with E-state index in [9.17, 15) is 9.18 Å². The van der Waals surface area contributed by atoms with Crippen LogP contribution in [0.2, 0.25) is 0 Å². The van der Waals surface area contributed by atoms with Crippen molar-refractivity contribution < 1.29 is 23.5 Å². The summed E-state index contributed by atoms with van der Waals surface area (Å²) in [4.78, 5) is 23.1. The molecule has 7 nitrogen and oxygen atoms in total. The fraction of sp³-hybridized carbons (Fsp3) is 0.625. The van der Waals surface area contributed by atoms with E-state index in [1.54, 1.807) is 12.1 Å². The Morgan fingerprint density at radius 2 is 1.85 bits per heavy atom. The zero-order valence-corrected chi connectivity index (χ0v) is 24.0. The highest BCUT2D eigenvalue weighted by Gasteiger charge is 2.53.